The molecule has 22 heavy (non-hydrogen) atoms. The largest absolute Gasteiger partial charge is 0.497 e. The Morgan fingerprint density at radius 2 is 1.91 bits per heavy atom. The third kappa shape index (κ3) is 4.73. The van der Waals surface area contributed by atoms with Crippen LogP contribution in [0.1, 0.15) is 32.3 Å². The zero-order chi connectivity index (χ0) is 16.1. The first kappa shape index (κ1) is 16.8. The van der Waals surface area contributed by atoms with Gasteiger partial charge < -0.3 is 14.4 Å². The lowest BCUT2D eigenvalue weighted by atomic mass is 10.1. The van der Waals surface area contributed by atoms with E-state index in [4.69, 9.17) is 9.47 Å². The highest BCUT2D eigenvalue weighted by Gasteiger charge is 2.26. The number of ether oxygens (including phenoxy) is 2. The summed E-state index contributed by atoms with van der Waals surface area (Å²) >= 11 is 0. The highest BCUT2D eigenvalue weighted by molar-refractivity contribution is 5.80. The van der Waals surface area contributed by atoms with Crippen molar-refractivity contribution in [3.05, 3.63) is 29.8 Å². The fraction of sp³-hybridized carbons (Fsp3) is 0.611. The molecule has 0 spiro atoms. The van der Waals surface area contributed by atoms with Crippen molar-refractivity contribution in [2.24, 2.45) is 5.92 Å². The van der Waals surface area contributed by atoms with E-state index in [1.165, 1.54) is 18.4 Å². The van der Waals surface area contributed by atoms with Gasteiger partial charge in [-0.1, -0.05) is 12.1 Å². The van der Waals surface area contributed by atoms with Crippen LogP contribution in [-0.4, -0.2) is 43.7 Å². The molecular weight excluding hydrogens is 278 g/mol. The Bertz CT molecular complexity index is 482. The third-order valence-electron chi connectivity index (χ3n) is 4.33. The number of benzene rings is 1. The van der Waals surface area contributed by atoms with E-state index in [0.717, 1.165) is 12.2 Å². The van der Waals surface area contributed by atoms with Gasteiger partial charge in [-0.05, 0) is 56.7 Å². The molecule has 0 radical (unpaired) electrons. The van der Waals surface area contributed by atoms with Gasteiger partial charge in [0.1, 0.15) is 11.9 Å². The molecule has 1 saturated carbocycles. The summed E-state index contributed by atoms with van der Waals surface area (Å²) in [5.74, 6) is 1.59. The van der Waals surface area contributed by atoms with Gasteiger partial charge in [-0.15, -0.1) is 0 Å². The molecule has 0 saturated heterocycles. The molecule has 1 aliphatic rings. The van der Waals surface area contributed by atoms with Crippen LogP contribution in [0.25, 0.3) is 0 Å². The molecule has 2 atom stereocenters. The van der Waals surface area contributed by atoms with Crippen LogP contribution in [0, 0.1) is 5.92 Å². The second-order valence-electron chi connectivity index (χ2n) is 6.27. The van der Waals surface area contributed by atoms with E-state index in [2.05, 4.69) is 6.92 Å². The monoisotopic (exact) mass is 305 g/mol. The maximum Gasteiger partial charge on any atom is 0.251 e. The molecule has 122 valence electrons. The van der Waals surface area contributed by atoms with Crippen LogP contribution in [0.4, 0.5) is 0 Å². The van der Waals surface area contributed by atoms with E-state index in [1.54, 1.807) is 12.0 Å². The van der Waals surface area contributed by atoms with Crippen molar-refractivity contribution in [1.82, 2.24) is 4.90 Å². The van der Waals surface area contributed by atoms with Gasteiger partial charge in [0, 0.05) is 13.1 Å². The number of rotatable bonds is 8. The van der Waals surface area contributed by atoms with Crippen molar-refractivity contribution in [2.45, 2.75) is 45.3 Å². The number of hydrogen-bond acceptors (Lipinski definition) is 3. The van der Waals surface area contributed by atoms with Crippen LogP contribution >= 0.6 is 0 Å². The van der Waals surface area contributed by atoms with Gasteiger partial charge in [0.25, 0.3) is 5.91 Å². The fourth-order valence-electron chi connectivity index (χ4n) is 2.38. The summed E-state index contributed by atoms with van der Waals surface area (Å²) < 4.78 is 10.8. The summed E-state index contributed by atoms with van der Waals surface area (Å²) in [6.07, 6.45) is 2.94. The summed E-state index contributed by atoms with van der Waals surface area (Å²) in [6, 6.07) is 8.12. The van der Waals surface area contributed by atoms with Crippen molar-refractivity contribution >= 4 is 5.91 Å². The van der Waals surface area contributed by atoms with E-state index in [1.807, 2.05) is 38.2 Å². The van der Waals surface area contributed by atoms with Crippen molar-refractivity contribution < 1.29 is 14.3 Å². The van der Waals surface area contributed by atoms with E-state index in [9.17, 15) is 4.79 Å². The zero-order valence-corrected chi connectivity index (χ0v) is 14.0. The van der Waals surface area contributed by atoms with E-state index >= 15 is 0 Å². The molecule has 0 unspecified atom stereocenters. The molecule has 0 heterocycles. The van der Waals surface area contributed by atoms with E-state index in [-0.39, 0.29) is 18.1 Å². The second-order valence-corrected chi connectivity index (χ2v) is 6.27. The smallest absolute Gasteiger partial charge is 0.251 e. The molecular formula is C18H27NO3. The SMILES string of the molecule is COc1ccc(C[C@@H](C)N(C)C(=O)[C@H](C)OCC2CC2)cc1. The van der Waals surface area contributed by atoms with Crippen LogP contribution in [0.3, 0.4) is 0 Å². The molecule has 1 fully saturated rings. The highest BCUT2D eigenvalue weighted by atomic mass is 16.5. The lowest BCUT2D eigenvalue weighted by Gasteiger charge is -2.28. The quantitative estimate of drug-likeness (QED) is 0.741. The number of amides is 1. The number of methoxy groups -OCH3 is 1. The molecule has 0 N–H and O–H groups in total. The van der Waals surface area contributed by atoms with Crippen LogP contribution in [0.5, 0.6) is 5.75 Å². The van der Waals surface area contributed by atoms with Gasteiger partial charge in [-0.3, -0.25) is 4.79 Å². The van der Waals surface area contributed by atoms with Crippen molar-refractivity contribution in [3.63, 3.8) is 0 Å². The zero-order valence-electron chi connectivity index (χ0n) is 14.0. The van der Waals surface area contributed by atoms with Crippen LogP contribution < -0.4 is 4.74 Å². The Morgan fingerprint density at radius 1 is 1.27 bits per heavy atom. The molecule has 2 rings (SSSR count). The average molecular weight is 305 g/mol. The number of nitrogens with zero attached hydrogens (tertiary/aromatic N) is 1. The van der Waals surface area contributed by atoms with Crippen molar-refractivity contribution in [3.8, 4) is 5.75 Å². The van der Waals surface area contributed by atoms with Gasteiger partial charge in [-0.2, -0.15) is 0 Å². The molecule has 4 nitrogen and oxygen atoms in total. The Kier molecular flexibility index (Phi) is 5.83. The molecule has 0 aliphatic heterocycles. The highest BCUT2D eigenvalue weighted by Crippen LogP contribution is 2.29. The Morgan fingerprint density at radius 3 is 2.45 bits per heavy atom. The standard InChI is InChI=1S/C18H27NO3/c1-13(11-15-7-9-17(21-4)10-8-15)19(3)18(20)14(2)22-12-16-5-6-16/h7-10,13-14,16H,5-6,11-12H2,1-4H3/t13-,14+/m1/s1. The molecule has 1 aromatic carbocycles. The van der Waals surface area contributed by atoms with Gasteiger partial charge in [0.2, 0.25) is 0 Å². The molecule has 1 amide bonds. The molecule has 1 aliphatic carbocycles. The van der Waals surface area contributed by atoms with E-state index in [0.29, 0.717) is 12.5 Å². The molecule has 0 aromatic heterocycles. The molecule has 4 heteroatoms. The van der Waals surface area contributed by atoms with Crippen molar-refractivity contribution in [1.29, 1.82) is 0 Å². The number of likely N-dealkylation sites (N-methyl/N-ethyl adjacent to an activating group) is 1. The summed E-state index contributed by atoms with van der Waals surface area (Å²) in [5.41, 5.74) is 1.19. The number of carbonyl (C=O) groups is 1. The van der Waals surface area contributed by atoms with E-state index < -0.39 is 0 Å². The van der Waals surface area contributed by atoms with Crippen molar-refractivity contribution in [2.75, 3.05) is 20.8 Å². The summed E-state index contributed by atoms with van der Waals surface area (Å²) in [5, 5.41) is 0. The lowest BCUT2D eigenvalue weighted by molar-refractivity contribution is -0.143. The minimum atomic E-state index is -0.357. The first-order valence-corrected chi connectivity index (χ1v) is 8.02. The third-order valence-corrected chi connectivity index (χ3v) is 4.33. The topological polar surface area (TPSA) is 38.8 Å². The van der Waals surface area contributed by atoms with Crippen LogP contribution in [-0.2, 0) is 16.0 Å². The minimum Gasteiger partial charge on any atom is -0.497 e. The number of hydrogen-bond donors (Lipinski definition) is 0. The Labute approximate surface area is 133 Å². The summed E-state index contributed by atoms with van der Waals surface area (Å²) in [4.78, 5) is 14.2. The fourth-order valence-corrected chi connectivity index (χ4v) is 2.38. The minimum absolute atomic E-state index is 0.0571. The van der Waals surface area contributed by atoms with Gasteiger partial charge in [0.05, 0.1) is 13.7 Å². The normalized spacial score (nSPS) is 16.9. The maximum absolute atomic E-state index is 12.4. The lowest BCUT2D eigenvalue weighted by Crippen LogP contribution is -2.42. The van der Waals surface area contributed by atoms with Gasteiger partial charge in [0.15, 0.2) is 0 Å². The molecule has 0 bridgehead atoms. The summed E-state index contributed by atoms with van der Waals surface area (Å²) in [6.45, 7) is 4.63. The Balaban J connectivity index is 1.83. The first-order valence-electron chi connectivity index (χ1n) is 8.02. The predicted octanol–water partition coefficient (Wildman–Crippen LogP) is 2.90. The number of carbonyl (C=O) groups excluding carboxylic acids is 1. The predicted molar refractivity (Wildman–Crippen MR) is 87.1 cm³/mol. The Hall–Kier alpha value is -1.55. The summed E-state index contributed by atoms with van der Waals surface area (Å²) in [7, 11) is 3.51. The average Bonchev–Trinajstić information content (AvgIpc) is 3.36. The second kappa shape index (κ2) is 7.63. The molecule has 1 aromatic rings. The van der Waals surface area contributed by atoms with Crippen LogP contribution in [0.15, 0.2) is 24.3 Å². The van der Waals surface area contributed by atoms with Gasteiger partial charge in [-0.25, -0.2) is 0 Å². The maximum atomic E-state index is 12.4. The van der Waals surface area contributed by atoms with Crippen LogP contribution in [0.2, 0.25) is 0 Å². The van der Waals surface area contributed by atoms with Gasteiger partial charge >= 0.3 is 0 Å². The first-order chi connectivity index (χ1) is 10.5.